The van der Waals surface area contributed by atoms with Crippen LogP contribution in [0, 0.1) is 58.8 Å². The number of carbonyl (C=O) groups excluding carboxylic acids is 1. The van der Waals surface area contributed by atoms with E-state index in [1.165, 1.54) is 47.5 Å². The number of aryl methyl sites for hydroxylation is 2. The fourth-order valence-corrected chi connectivity index (χ4v) is 16.1. The van der Waals surface area contributed by atoms with Crippen molar-refractivity contribution in [3.05, 3.63) is 186 Å². The van der Waals surface area contributed by atoms with E-state index in [9.17, 15) is 80.5 Å². The third kappa shape index (κ3) is 17.7. The number of carboxylic acid groups (broad SMARTS) is 1. The van der Waals surface area contributed by atoms with Gasteiger partial charge < -0.3 is 15.3 Å². The van der Waals surface area contributed by atoms with E-state index < -0.39 is 163 Å². The van der Waals surface area contributed by atoms with Gasteiger partial charge in [-0.15, -0.1) is 0 Å². The maximum absolute atomic E-state index is 15.4. The maximum Gasteiger partial charge on any atom is 0.325 e. The van der Waals surface area contributed by atoms with Crippen molar-refractivity contribution < 1.29 is 94.4 Å². The quantitative estimate of drug-likeness (QED) is 0.0350. The van der Waals surface area contributed by atoms with E-state index in [0.29, 0.717) is 76.1 Å². The summed E-state index contributed by atoms with van der Waals surface area (Å²) in [7, 11) is -4.24. The van der Waals surface area contributed by atoms with Gasteiger partial charge in [-0.25, -0.2) is 61.9 Å². The molecule has 5 N–H and O–H groups in total. The molecule has 6 heterocycles. The Labute approximate surface area is 647 Å². The monoisotopic (exact) mass is 1650 g/mol. The van der Waals surface area contributed by atoms with Gasteiger partial charge in [0.1, 0.15) is 81.7 Å². The average Bonchev–Trinajstić information content (AvgIpc) is 1.52. The molecule has 0 spiro atoms. The molecule has 4 aliphatic carbocycles. The van der Waals surface area contributed by atoms with Crippen molar-refractivity contribution in [3.8, 4) is 45.9 Å². The van der Waals surface area contributed by atoms with Crippen LogP contribution in [0.25, 0.3) is 44.1 Å². The molecule has 2 saturated carbocycles. The van der Waals surface area contributed by atoms with Crippen LogP contribution in [0.4, 0.5) is 64.3 Å². The number of alkyl halides is 8. The number of nitrogens with zero attached hydrogens (tertiary/aromatic N) is 10. The summed E-state index contributed by atoms with van der Waals surface area (Å²) in [6.07, 6.45) is -4.41. The highest BCUT2D eigenvalue weighted by Crippen LogP contribution is 2.69. The SMILES string of the molecule is C[C@@H](Cc1cc(F)cc(F)c1)c1nc(C#CC(C)(C)O)ccc1-c1ccc(Cl)c2c(NS(C)(=O)=O)nn(C)c12.Cn1nc(NS(C)(=O)=O)c2c(Cl)ccc(-c3ccc(C#CC(C)(C)O)nc3[C@@H](CC(=O)Cn3nc(C(F)F)c4c3C(F)(F)[C@@H]3C[C@H]43)Cc3cc(F)cc(F)c3)c21.O=C(O)Cn1nc(C(F)F)c2c1C(F)(F)[C@@H]1C[C@H]21. The average molecular weight is 1660 g/mol. The van der Waals surface area contributed by atoms with Gasteiger partial charge in [-0.2, -0.15) is 38.0 Å². The molecule has 37 heteroatoms. The van der Waals surface area contributed by atoms with Gasteiger partial charge in [0.25, 0.3) is 24.7 Å². The number of pyridine rings is 2. The predicted octanol–water partition coefficient (Wildman–Crippen LogP) is 14.9. The van der Waals surface area contributed by atoms with Crippen LogP contribution in [0.1, 0.15) is 158 Å². The van der Waals surface area contributed by atoms with Gasteiger partial charge in [-0.05, 0) is 149 Å². The zero-order chi connectivity index (χ0) is 82.6. The zero-order valence-corrected chi connectivity index (χ0v) is 64.2. The van der Waals surface area contributed by atoms with Crippen molar-refractivity contribution >= 4 is 88.4 Å². The number of hydrogen-bond acceptors (Lipinski definition) is 14. The fraction of sp³-hybridized carbons (Fsp3) is 0.368. The lowest BCUT2D eigenvalue weighted by molar-refractivity contribution is -0.138. The molecule has 596 valence electrons. The van der Waals surface area contributed by atoms with Crippen molar-refractivity contribution in [1.29, 1.82) is 0 Å². The second kappa shape index (κ2) is 30.4. The summed E-state index contributed by atoms with van der Waals surface area (Å²) in [4.78, 5) is 34.1. The number of Topliss-reactive ketones (excluding diaryl/α,β-unsaturated/α-hetero) is 1. The van der Waals surface area contributed by atoms with Gasteiger partial charge in [-0.3, -0.25) is 37.8 Å². The molecule has 14 rings (SSSR count). The molecule has 0 bridgehead atoms. The summed E-state index contributed by atoms with van der Waals surface area (Å²) in [6.45, 7) is 6.26. The Morgan fingerprint density at radius 2 is 0.956 bits per heavy atom. The Bertz CT molecular complexity index is 5880. The van der Waals surface area contributed by atoms with Crippen LogP contribution in [0.2, 0.25) is 10.0 Å². The predicted molar refractivity (Wildman–Crippen MR) is 394 cm³/mol. The number of benzene rings is 4. The molecular formula is C76H68Cl2F12N12O9S2. The smallest absolute Gasteiger partial charge is 0.325 e. The molecule has 0 saturated heterocycles. The number of carboxylic acids is 1. The summed E-state index contributed by atoms with van der Waals surface area (Å²) in [5, 5.41) is 45.8. The summed E-state index contributed by atoms with van der Waals surface area (Å²) in [5.41, 5.74) is -1.10. The van der Waals surface area contributed by atoms with Crippen molar-refractivity contribution in [3.63, 3.8) is 0 Å². The molecule has 6 atom stereocenters. The van der Waals surface area contributed by atoms with Gasteiger partial charge in [0.2, 0.25) is 20.0 Å². The number of rotatable bonds is 20. The van der Waals surface area contributed by atoms with Gasteiger partial charge in [0.05, 0.1) is 55.8 Å². The lowest BCUT2D eigenvalue weighted by Gasteiger charge is -2.22. The molecule has 6 aromatic heterocycles. The van der Waals surface area contributed by atoms with Gasteiger partial charge in [0, 0.05) is 89.7 Å². The summed E-state index contributed by atoms with van der Waals surface area (Å²) in [5.74, 6) is -5.81. The van der Waals surface area contributed by atoms with Crippen LogP contribution < -0.4 is 9.44 Å². The molecule has 0 amide bonds. The number of sulfonamides is 2. The molecule has 21 nitrogen and oxygen atoms in total. The van der Waals surface area contributed by atoms with Crippen molar-refractivity contribution in [1.82, 2.24) is 49.1 Å². The molecule has 2 fully saturated rings. The highest BCUT2D eigenvalue weighted by molar-refractivity contribution is 7.92. The van der Waals surface area contributed by atoms with Crippen molar-refractivity contribution in [2.45, 2.75) is 139 Å². The van der Waals surface area contributed by atoms with Crippen LogP contribution in [-0.4, -0.2) is 117 Å². The first-order valence-electron chi connectivity index (χ1n) is 34.5. The Morgan fingerprint density at radius 3 is 1.35 bits per heavy atom. The van der Waals surface area contributed by atoms with E-state index in [1.807, 2.05) is 13.0 Å². The number of anilines is 2. The number of nitrogens with one attached hydrogen (secondary N) is 2. The normalized spacial score (nSPS) is 17.5. The number of hydrogen-bond donors (Lipinski definition) is 5. The minimum atomic E-state index is -3.82. The van der Waals surface area contributed by atoms with Crippen LogP contribution in [0.5, 0.6) is 0 Å². The van der Waals surface area contributed by atoms with Crippen molar-refractivity contribution in [2.75, 3.05) is 22.0 Å². The fourth-order valence-electron chi connectivity index (χ4n) is 14.6. The van der Waals surface area contributed by atoms with E-state index >= 15 is 8.78 Å². The second-order valence-electron chi connectivity index (χ2n) is 29.3. The molecule has 4 aromatic carbocycles. The molecule has 0 unspecified atom stereocenters. The zero-order valence-electron chi connectivity index (χ0n) is 61.0. The lowest BCUT2D eigenvalue weighted by atomic mass is 9.86. The van der Waals surface area contributed by atoms with Crippen LogP contribution in [0.3, 0.4) is 0 Å². The molecule has 4 aliphatic rings. The highest BCUT2D eigenvalue weighted by Gasteiger charge is 2.68. The molecule has 0 aliphatic heterocycles. The number of aliphatic hydroxyl groups is 2. The number of ketones is 1. The Hall–Kier alpha value is -10.0. The molecular weight excluding hydrogens is 1590 g/mol. The first-order chi connectivity index (χ1) is 52.6. The van der Waals surface area contributed by atoms with Crippen LogP contribution in [-0.2, 0) is 81.5 Å². The summed E-state index contributed by atoms with van der Waals surface area (Å²) in [6, 6.07) is 19.3. The van der Waals surface area contributed by atoms with Gasteiger partial charge in [0.15, 0.2) is 17.4 Å². The molecule has 0 radical (unpaired) electrons. The van der Waals surface area contributed by atoms with E-state index in [4.69, 9.17) is 38.3 Å². The lowest BCUT2D eigenvalue weighted by Crippen LogP contribution is -2.24. The van der Waals surface area contributed by atoms with E-state index in [2.05, 4.69) is 53.5 Å². The first-order valence-corrected chi connectivity index (χ1v) is 39.1. The highest BCUT2D eigenvalue weighted by atomic mass is 35.5. The van der Waals surface area contributed by atoms with E-state index in [0.717, 1.165) is 30.7 Å². The first kappa shape index (κ1) is 82.4. The number of carbonyl (C=O) groups is 2. The number of aromatic nitrogens is 10. The maximum atomic E-state index is 15.4. The van der Waals surface area contributed by atoms with E-state index in [-0.39, 0.29) is 81.7 Å². The third-order valence-electron chi connectivity index (χ3n) is 19.0. The number of aliphatic carboxylic acids is 1. The molecule has 10 aromatic rings. The largest absolute Gasteiger partial charge is 0.480 e. The number of fused-ring (bicyclic) bond motifs is 8. The minimum absolute atomic E-state index is 0.0349. The van der Waals surface area contributed by atoms with Crippen molar-refractivity contribution in [2.24, 2.45) is 25.9 Å². The minimum Gasteiger partial charge on any atom is -0.480 e. The Morgan fingerprint density at radius 1 is 0.575 bits per heavy atom. The van der Waals surface area contributed by atoms with Crippen LogP contribution >= 0.6 is 23.2 Å². The molecule has 113 heavy (non-hydrogen) atoms. The van der Waals surface area contributed by atoms with Gasteiger partial charge in [-0.1, -0.05) is 54.1 Å². The Balaban J connectivity index is 0.000000178. The summed E-state index contributed by atoms with van der Waals surface area (Å²) >= 11 is 13.1. The van der Waals surface area contributed by atoms with Gasteiger partial charge >= 0.3 is 5.97 Å². The second-order valence-corrected chi connectivity index (χ2v) is 33.6. The number of halogens is 14. The van der Waals surface area contributed by atoms with Crippen LogP contribution in [0.15, 0.2) is 84.9 Å². The standard InChI is InChI=1S/C38H33ClF6N6O4S.C28H27ClF2N4O3S.C10H8F4N2O2/c1-37(2,53)10-9-22-5-6-24(25-7-8-28(39)30-33(25)50(3)48-36(30)49-56(4,54)55)31(46-22)19(11-18-12-20(40)15-21(41)13-18)14-23(52)17-51-34-29(32(47-51)35(42)43)26-16-27(26)38(34,44)45;1-16(12-17-13-18(30)15-19(31)14-17)25-21(7-6-20(32-25)10-11-28(2,3)36)22-8-9-23(29)24-26(22)35(4)33-27(24)34-39(5,37)38;11-9(12)7-6-3-1-4(3)10(13,14)8(6)16(15-7)2-5(17)18/h5-8,12-13,15,19,26-27,35,53H,11,14,16-17H2,1-4H3,(H,48,49);6-9,13-16,36H,12H2,1-5H3,(H,33,34);3-4,9H,1-2H2,(H,17,18)/t19-,26+,27-;16-;3-,4+/m100/s1. The Kier molecular flexibility index (Phi) is 22.2. The van der Waals surface area contributed by atoms with E-state index in [1.54, 1.807) is 58.3 Å². The third-order valence-corrected chi connectivity index (χ3v) is 20.8. The summed E-state index contributed by atoms with van der Waals surface area (Å²) < 4.78 is 226. The topological polar surface area (TPSA) is 284 Å².